The number of sulfonamides is 1. The molecule has 0 bridgehead atoms. The number of anilines is 1. The molecule has 150 valence electrons. The van der Waals surface area contributed by atoms with E-state index in [1.807, 2.05) is 0 Å². The summed E-state index contributed by atoms with van der Waals surface area (Å²) in [5.41, 5.74) is 0.368. The molecule has 0 saturated heterocycles. The summed E-state index contributed by atoms with van der Waals surface area (Å²) in [4.78, 5) is 12.9. The van der Waals surface area contributed by atoms with Crippen molar-refractivity contribution in [3.63, 3.8) is 0 Å². The molecule has 2 aromatic carbocycles. The van der Waals surface area contributed by atoms with Crippen molar-refractivity contribution < 1.29 is 13.2 Å². The van der Waals surface area contributed by atoms with Crippen LogP contribution in [-0.4, -0.2) is 26.9 Å². The second-order valence-corrected chi connectivity index (χ2v) is 9.36. The molecule has 0 unspecified atom stereocenters. The topological polar surface area (TPSA) is 66.5 Å². The number of carbonyl (C=O) groups excluding carboxylic acids is 1. The number of rotatable bonds is 6. The molecule has 0 aromatic heterocycles. The predicted molar refractivity (Wildman–Crippen MR) is 112 cm³/mol. The Kier molecular flexibility index (Phi) is 6.97. The van der Waals surface area contributed by atoms with Crippen molar-refractivity contribution in [2.24, 2.45) is 0 Å². The lowest BCUT2D eigenvalue weighted by atomic mass is 10.1. The van der Waals surface area contributed by atoms with Crippen LogP contribution in [0, 0.1) is 0 Å². The first-order valence-electron chi connectivity index (χ1n) is 9.59. The normalized spacial score (nSPS) is 15.6. The molecular weight excluding hydrogens is 396 g/mol. The third-order valence-corrected chi connectivity index (χ3v) is 6.96. The van der Waals surface area contributed by atoms with E-state index in [0.717, 1.165) is 30.0 Å². The van der Waals surface area contributed by atoms with Crippen molar-refractivity contribution >= 4 is 33.2 Å². The second kappa shape index (κ2) is 9.43. The minimum Gasteiger partial charge on any atom is -0.352 e. The van der Waals surface area contributed by atoms with Gasteiger partial charge in [0.25, 0.3) is 10.0 Å². The van der Waals surface area contributed by atoms with Gasteiger partial charge < -0.3 is 5.32 Å². The van der Waals surface area contributed by atoms with E-state index in [1.165, 1.54) is 25.0 Å². The SMILES string of the molecule is O=C(CN(c1cccc(Cl)c1)S(=O)(=O)c1ccccc1)NC1CCCCCC1. The average molecular weight is 421 g/mol. The number of carbonyl (C=O) groups is 1. The lowest BCUT2D eigenvalue weighted by Gasteiger charge is -2.25. The Labute approximate surface area is 171 Å². The van der Waals surface area contributed by atoms with E-state index in [1.54, 1.807) is 42.5 Å². The van der Waals surface area contributed by atoms with Crippen LogP contribution in [0.25, 0.3) is 0 Å². The first-order valence-corrected chi connectivity index (χ1v) is 11.4. The Bertz CT molecular complexity index is 895. The number of amides is 1. The molecule has 0 radical (unpaired) electrons. The Morgan fingerprint density at radius 2 is 1.68 bits per heavy atom. The van der Waals surface area contributed by atoms with Gasteiger partial charge in [-0.05, 0) is 43.2 Å². The van der Waals surface area contributed by atoms with Gasteiger partial charge in [0.15, 0.2) is 0 Å². The van der Waals surface area contributed by atoms with Crippen molar-refractivity contribution in [2.75, 3.05) is 10.8 Å². The maximum absolute atomic E-state index is 13.2. The van der Waals surface area contributed by atoms with Gasteiger partial charge in [0.1, 0.15) is 6.54 Å². The zero-order chi connectivity index (χ0) is 20.0. The summed E-state index contributed by atoms with van der Waals surface area (Å²) in [5.74, 6) is -0.300. The molecule has 1 aliphatic carbocycles. The molecule has 28 heavy (non-hydrogen) atoms. The monoisotopic (exact) mass is 420 g/mol. The van der Waals surface area contributed by atoms with E-state index in [9.17, 15) is 13.2 Å². The van der Waals surface area contributed by atoms with Crippen molar-refractivity contribution in [1.29, 1.82) is 0 Å². The van der Waals surface area contributed by atoms with Gasteiger partial charge in [-0.25, -0.2) is 8.42 Å². The Hall–Kier alpha value is -2.05. The third-order valence-electron chi connectivity index (χ3n) is 4.93. The van der Waals surface area contributed by atoms with Gasteiger partial charge in [0, 0.05) is 11.1 Å². The van der Waals surface area contributed by atoms with Crippen molar-refractivity contribution in [3.8, 4) is 0 Å². The summed E-state index contributed by atoms with van der Waals surface area (Å²) in [6.07, 6.45) is 6.42. The van der Waals surface area contributed by atoms with Gasteiger partial charge in [0.05, 0.1) is 10.6 Å². The maximum Gasteiger partial charge on any atom is 0.264 e. The van der Waals surface area contributed by atoms with Crippen LogP contribution >= 0.6 is 11.6 Å². The Morgan fingerprint density at radius 3 is 2.32 bits per heavy atom. The maximum atomic E-state index is 13.2. The second-order valence-electron chi connectivity index (χ2n) is 7.06. The summed E-state index contributed by atoms with van der Waals surface area (Å²) in [7, 11) is -3.90. The largest absolute Gasteiger partial charge is 0.352 e. The molecule has 0 atom stereocenters. The van der Waals surface area contributed by atoms with Gasteiger partial charge in [-0.15, -0.1) is 0 Å². The van der Waals surface area contributed by atoms with Crippen LogP contribution in [0.3, 0.4) is 0 Å². The van der Waals surface area contributed by atoms with Crippen LogP contribution in [0.1, 0.15) is 38.5 Å². The van der Waals surface area contributed by atoms with Crippen LogP contribution in [-0.2, 0) is 14.8 Å². The third kappa shape index (κ3) is 5.26. The highest BCUT2D eigenvalue weighted by atomic mass is 35.5. The molecule has 3 rings (SSSR count). The van der Waals surface area contributed by atoms with E-state index < -0.39 is 10.0 Å². The number of nitrogens with zero attached hydrogens (tertiary/aromatic N) is 1. The Morgan fingerprint density at radius 1 is 1.00 bits per heavy atom. The van der Waals surface area contributed by atoms with Gasteiger partial charge in [-0.2, -0.15) is 0 Å². The summed E-state index contributed by atoms with van der Waals surface area (Å²) < 4.78 is 27.6. The highest BCUT2D eigenvalue weighted by molar-refractivity contribution is 7.92. The molecule has 0 heterocycles. The number of halogens is 1. The molecule has 5 nitrogen and oxygen atoms in total. The van der Waals surface area contributed by atoms with Crippen LogP contribution < -0.4 is 9.62 Å². The van der Waals surface area contributed by atoms with Gasteiger partial charge in [0.2, 0.25) is 5.91 Å². The van der Waals surface area contributed by atoms with Crippen LogP contribution in [0.2, 0.25) is 5.02 Å². The molecule has 0 aliphatic heterocycles. The average Bonchev–Trinajstić information content (AvgIpc) is 2.95. The number of hydrogen-bond acceptors (Lipinski definition) is 3. The molecule has 0 spiro atoms. The van der Waals surface area contributed by atoms with E-state index in [2.05, 4.69) is 5.32 Å². The molecule has 1 saturated carbocycles. The summed E-state index contributed by atoms with van der Waals surface area (Å²) in [6, 6.07) is 14.8. The summed E-state index contributed by atoms with van der Waals surface area (Å²) in [5, 5.41) is 3.43. The number of nitrogens with one attached hydrogen (secondary N) is 1. The lowest BCUT2D eigenvalue weighted by Crippen LogP contribution is -2.44. The predicted octanol–water partition coefficient (Wildman–Crippen LogP) is 4.37. The zero-order valence-corrected chi connectivity index (χ0v) is 17.3. The fraction of sp³-hybridized carbons (Fsp3) is 0.381. The highest BCUT2D eigenvalue weighted by Crippen LogP contribution is 2.26. The quantitative estimate of drug-likeness (QED) is 0.705. The van der Waals surface area contributed by atoms with E-state index in [0.29, 0.717) is 10.7 Å². The first kappa shape index (κ1) is 20.7. The van der Waals surface area contributed by atoms with Gasteiger partial charge in [-0.1, -0.05) is 61.5 Å². The van der Waals surface area contributed by atoms with Crippen LogP contribution in [0.4, 0.5) is 5.69 Å². The molecular formula is C21H25ClN2O3S. The fourth-order valence-corrected chi connectivity index (χ4v) is 5.11. The van der Waals surface area contributed by atoms with Gasteiger partial charge in [-0.3, -0.25) is 9.10 Å². The molecule has 7 heteroatoms. The smallest absolute Gasteiger partial charge is 0.264 e. The minimum absolute atomic E-state index is 0.107. The summed E-state index contributed by atoms with van der Waals surface area (Å²) in [6.45, 7) is -0.284. The van der Waals surface area contributed by atoms with Crippen LogP contribution in [0.5, 0.6) is 0 Å². The van der Waals surface area contributed by atoms with Crippen molar-refractivity contribution in [2.45, 2.75) is 49.5 Å². The van der Waals surface area contributed by atoms with Crippen molar-refractivity contribution in [3.05, 3.63) is 59.6 Å². The van der Waals surface area contributed by atoms with E-state index in [4.69, 9.17) is 11.6 Å². The van der Waals surface area contributed by atoms with E-state index in [-0.39, 0.29) is 23.4 Å². The standard InChI is InChI=1S/C21H25ClN2O3S/c22-17-9-8-12-19(15-17)24(28(26,27)20-13-6-3-7-14-20)16-21(25)23-18-10-4-1-2-5-11-18/h3,6-9,12-15,18H,1-2,4-5,10-11,16H2,(H,23,25). The van der Waals surface area contributed by atoms with E-state index >= 15 is 0 Å². The highest BCUT2D eigenvalue weighted by Gasteiger charge is 2.28. The molecule has 1 aliphatic rings. The first-order chi connectivity index (χ1) is 13.5. The Balaban J connectivity index is 1.85. The number of benzene rings is 2. The molecule has 1 N–H and O–H groups in total. The fourth-order valence-electron chi connectivity index (χ4n) is 3.49. The molecule has 1 amide bonds. The lowest BCUT2D eigenvalue weighted by molar-refractivity contribution is -0.120. The number of hydrogen-bond donors (Lipinski definition) is 1. The van der Waals surface area contributed by atoms with Crippen LogP contribution in [0.15, 0.2) is 59.5 Å². The zero-order valence-electron chi connectivity index (χ0n) is 15.7. The van der Waals surface area contributed by atoms with Crippen molar-refractivity contribution in [1.82, 2.24) is 5.32 Å². The molecule has 1 fully saturated rings. The minimum atomic E-state index is -3.90. The van der Waals surface area contributed by atoms with Gasteiger partial charge >= 0.3 is 0 Å². The molecule has 2 aromatic rings. The summed E-state index contributed by atoms with van der Waals surface area (Å²) >= 11 is 6.07.